The molecule has 0 saturated carbocycles. The van der Waals surface area contributed by atoms with Gasteiger partial charge in [0.25, 0.3) is 0 Å². The molecule has 1 aliphatic heterocycles. The maximum absolute atomic E-state index is 13.5. The van der Waals surface area contributed by atoms with Gasteiger partial charge in [-0.1, -0.05) is 13.8 Å². The maximum Gasteiger partial charge on any atom is 0.141 e. The molecular weight excluding hydrogens is 269 g/mol. The first-order chi connectivity index (χ1) is 9.95. The molecule has 0 unspecified atom stereocenters. The summed E-state index contributed by atoms with van der Waals surface area (Å²) < 4.78 is 19.3. The number of anilines is 1. The summed E-state index contributed by atoms with van der Waals surface area (Å²) in [4.78, 5) is 6.52. The second kappa shape index (κ2) is 7.18. The molecule has 2 rings (SSSR count). The van der Waals surface area contributed by atoms with E-state index in [2.05, 4.69) is 42.9 Å². The summed E-state index contributed by atoms with van der Waals surface area (Å²) in [6.45, 7) is 11.6. The van der Waals surface area contributed by atoms with Crippen molar-refractivity contribution in [3.8, 4) is 0 Å². The molecule has 4 nitrogen and oxygen atoms in total. The third kappa shape index (κ3) is 4.64. The van der Waals surface area contributed by atoms with Crippen molar-refractivity contribution in [1.29, 1.82) is 0 Å². The van der Waals surface area contributed by atoms with Crippen LogP contribution in [0.2, 0.25) is 0 Å². The standard InChI is InChI=1S/C16H26FN3O/c1-11(2)6-18-7-14-5-15(17)8-19-16(14)20-9-12(3)21-13(4)10-20/h5,8,11-13,18H,6-7,9-10H2,1-4H3/t12-,13+. The third-order valence-corrected chi connectivity index (χ3v) is 3.50. The van der Waals surface area contributed by atoms with Gasteiger partial charge in [-0.25, -0.2) is 9.37 Å². The van der Waals surface area contributed by atoms with Gasteiger partial charge in [0.1, 0.15) is 11.6 Å². The minimum absolute atomic E-state index is 0.164. The van der Waals surface area contributed by atoms with Crippen molar-refractivity contribution in [2.45, 2.75) is 46.4 Å². The summed E-state index contributed by atoms with van der Waals surface area (Å²) in [6.07, 6.45) is 1.63. The van der Waals surface area contributed by atoms with Crippen LogP contribution in [-0.2, 0) is 11.3 Å². The van der Waals surface area contributed by atoms with Gasteiger partial charge in [0, 0.05) is 25.2 Å². The molecule has 5 heteroatoms. The maximum atomic E-state index is 13.5. The van der Waals surface area contributed by atoms with E-state index in [4.69, 9.17) is 4.74 Å². The first kappa shape index (κ1) is 16.2. The van der Waals surface area contributed by atoms with Gasteiger partial charge >= 0.3 is 0 Å². The molecule has 0 amide bonds. The quantitative estimate of drug-likeness (QED) is 0.906. The smallest absolute Gasteiger partial charge is 0.141 e. The van der Waals surface area contributed by atoms with E-state index in [1.165, 1.54) is 6.20 Å². The Morgan fingerprint density at radius 2 is 2.05 bits per heavy atom. The van der Waals surface area contributed by atoms with Crippen LogP contribution in [0.25, 0.3) is 0 Å². The first-order valence-electron chi connectivity index (χ1n) is 7.71. The van der Waals surface area contributed by atoms with Crippen LogP contribution in [0.15, 0.2) is 12.3 Å². The highest BCUT2D eigenvalue weighted by Crippen LogP contribution is 2.23. The van der Waals surface area contributed by atoms with Crippen LogP contribution in [0.1, 0.15) is 33.3 Å². The van der Waals surface area contributed by atoms with Crippen LogP contribution in [0.3, 0.4) is 0 Å². The van der Waals surface area contributed by atoms with Gasteiger partial charge in [-0.15, -0.1) is 0 Å². The van der Waals surface area contributed by atoms with Crippen molar-refractivity contribution in [2.75, 3.05) is 24.5 Å². The molecule has 118 valence electrons. The average Bonchev–Trinajstić information content (AvgIpc) is 2.37. The molecule has 2 atom stereocenters. The van der Waals surface area contributed by atoms with Gasteiger partial charge in [0.15, 0.2) is 0 Å². The number of pyridine rings is 1. The molecule has 2 heterocycles. The minimum Gasteiger partial charge on any atom is -0.372 e. The van der Waals surface area contributed by atoms with Crippen molar-refractivity contribution in [1.82, 2.24) is 10.3 Å². The fraction of sp³-hybridized carbons (Fsp3) is 0.688. The van der Waals surface area contributed by atoms with Crippen molar-refractivity contribution in [2.24, 2.45) is 5.92 Å². The lowest BCUT2D eigenvalue weighted by molar-refractivity contribution is -0.00551. The van der Waals surface area contributed by atoms with Crippen LogP contribution >= 0.6 is 0 Å². The van der Waals surface area contributed by atoms with E-state index in [-0.39, 0.29) is 18.0 Å². The van der Waals surface area contributed by atoms with E-state index >= 15 is 0 Å². The van der Waals surface area contributed by atoms with Crippen molar-refractivity contribution < 1.29 is 9.13 Å². The van der Waals surface area contributed by atoms with Crippen LogP contribution in [-0.4, -0.2) is 36.8 Å². The Kier molecular flexibility index (Phi) is 5.53. The van der Waals surface area contributed by atoms with Gasteiger partial charge in [-0.3, -0.25) is 0 Å². The number of nitrogens with zero attached hydrogens (tertiary/aromatic N) is 2. The molecule has 1 fully saturated rings. The summed E-state index contributed by atoms with van der Waals surface area (Å²) >= 11 is 0. The summed E-state index contributed by atoms with van der Waals surface area (Å²) in [5, 5.41) is 3.37. The zero-order chi connectivity index (χ0) is 15.4. The van der Waals surface area contributed by atoms with Gasteiger partial charge in [-0.05, 0) is 32.4 Å². The van der Waals surface area contributed by atoms with Crippen molar-refractivity contribution >= 4 is 5.82 Å². The topological polar surface area (TPSA) is 37.4 Å². The second-order valence-corrected chi connectivity index (χ2v) is 6.32. The highest BCUT2D eigenvalue weighted by Gasteiger charge is 2.25. The van der Waals surface area contributed by atoms with Gasteiger partial charge in [0.2, 0.25) is 0 Å². The predicted octanol–water partition coefficient (Wildman–Crippen LogP) is 2.58. The number of hydrogen-bond acceptors (Lipinski definition) is 4. The number of halogens is 1. The summed E-state index contributed by atoms with van der Waals surface area (Å²) in [5.41, 5.74) is 0.914. The van der Waals surface area contributed by atoms with E-state index in [1.54, 1.807) is 6.07 Å². The second-order valence-electron chi connectivity index (χ2n) is 6.32. The Morgan fingerprint density at radius 3 is 2.67 bits per heavy atom. The number of ether oxygens (including phenoxy) is 1. The largest absolute Gasteiger partial charge is 0.372 e. The molecule has 1 aromatic heterocycles. The average molecular weight is 295 g/mol. The molecule has 1 aromatic rings. The lowest BCUT2D eigenvalue weighted by Gasteiger charge is -2.37. The fourth-order valence-corrected chi connectivity index (χ4v) is 2.74. The highest BCUT2D eigenvalue weighted by atomic mass is 19.1. The van der Waals surface area contributed by atoms with Crippen LogP contribution < -0.4 is 10.2 Å². The summed E-state index contributed by atoms with van der Waals surface area (Å²) in [6, 6.07) is 1.58. The lowest BCUT2D eigenvalue weighted by Crippen LogP contribution is -2.46. The van der Waals surface area contributed by atoms with E-state index in [1.807, 2.05) is 0 Å². The Morgan fingerprint density at radius 1 is 1.38 bits per heavy atom. The Bertz CT molecular complexity index is 457. The molecule has 1 saturated heterocycles. The van der Waals surface area contributed by atoms with Crippen LogP contribution in [0, 0.1) is 11.7 Å². The molecular formula is C16H26FN3O. The zero-order valence-electron chi connectivity index (χ0n) is 13.4. The highest BCUT2D eigenvalue weighted by molar-refractivity contribution is 5.47. The fourth-order valence-electron chi connectivity index (χ4n) is 2.74. The van der Waals surface area contributed by atoms with E-state index in [0.717, 1.165) is 31.0 Å². The molecule has 0 radical (unpaired) electrons. The SMILES string of the molecule is CC(C)CNCc1cc(F)cnc1N1C[C@@H](C)O[C@@H](C)C1. The van der Waals surface area contributed by atoms with Gasteiger partial charge in [-0.2, -0.15) is 0 Å². The molecule has 0 bridgehead atoms. The van der Waals surface area contributed by atoms with E-state index in [0.29, 0.717) is 12.5 Å². The van der Waals surface area contributed by atoms with Gasteiger partial charge < -0.3 is 15.0 Å². The van der Waals surface area contributed by atoms with E-state index < -0.39 is 0 Å². The summed E-state index contributed by atoms with van der Waals surface area (Å²) in [5.74, 6) is 1.16. The Labute approximate surface area is 126 Å². The Hall–Kier alpha value is -1.20. The number of rotatable bonds is 5. The number of nitrogens with one attached hydrogen (secondary N) is 1. The van der Waals surface area contributed by atoms with E-state index in [9.17, 15) is 4.39 Å². The normalized spacial score (nSPS) is 22.9. The van der Waals surface area contributed by atoms with Crippen molar-refractivity contribution in [3.05, 3.63) is 23.6 Å². The Balaban J connectivity index is 2.13. The van der Waals surface area contributed by atoms with Gasteiger partial charge in [0.05, 0.1) is 18.4 Å². The molecule has 0 aliphatic carbocycles. The third-order valence-electron chi connectivity index (χ3n) is 3.50. The molecule has 1 N–H and O–H groups in total. The molecule has 0 aromatic carbocycles. The van der Waals surface area contributed by atoms with Crippen molar-refractivity contribution in [3.63, 3.8) is 0 Å². The monoisotopic (exact) mass is 295 g/mol. The minimum atomic E-state index is -0.283. The first-order valence-corrected chi connectivity index (χ1v) is 7.71. The molecule has 21 heavy (non-hydrogen) atoms. The predicted molar refractivity (Wildman–Crippen MR) is 83.0 cm³/mol. The zero-order valence-corrected chi connectivity index (χ0v) is 13.4. The molecule has 1 aliphatic rings. The summed E-state index contributed by atoms with van der Waals surface area (Å²) in [7, 11) is 0. The van der Waals surface area contributed by atoms with Crippen LogP contribution in [0.4, 0.5) is 10.2 Å². The number of aromatic nitrogens is 1. The molecule has 0 spiro atoms. The lowest BCUT2D eigenvalue weighted by atomic mass is 10.1. The number of morpholine rings is 1. The number of hydrogen-bond donors (Lipinski definition) is 1. The van der Waals surface area contributed by atoms with Crippen LogP contribution in [0.5, 0.6) is 0 Å².